The molecule has 2 aromatic rings. The monoisotopic (exact) mass is 232 g/mol. The molecule has 0 bridgehead atoms. The lowest BCUT2D eigenvalue weighted by atomic mass is 10.3. The van der Waals surface area contributed by atoms with E-state index in [-0.39, 0.29) is 12.4 Å². The predicted octanol–water partition coefficient (Wildman–Crippen LogP) is 2.22. The summed E-state index contributed by atoms with van der Waals surface area (Å²) in [5, 5.41) is 0. The fraction of sp³-hybridized carbons (Fsp3) is 0.385. The fourth-order valence-electron chi connectivity index (χ4n) is 1.60. The summed E-state index contributed by atoms with van der Waals surface area (Å²) in [5.74, 6) is -0.207. The van der Waals surface area contributed by atoms with Crippen LogP contribution >= 0.6 is 0 Å². The van der Waals surface area contributed by atoms with Gasteiger partial charge >= 0.3 is 5.97 Å². The summed E-state index contributed by atoms with van der Waals surface area (Å²) >= 11 is 0. The van der Waals surface area contributed by atoms with Crippen LogP contribution in [0.2, 0.25) is 0 Å². The zero-order chi connectivity index (χ0) is 12.1. The van der Waals surface area contributed by atoms with Crippen molar-refractivity contribution in [2.24, 2.45) is 0 Å². The molecule has 0 spiro atoms. The zero-order valence-corrected chi connectivity index (χ0v) is 9.93. The number of ether oxygens (including phenoxy) is 1. The van der Waals surface area contributed by atoms with Crippen LogP contribution in [0.1, 0.15) is 25.5 Å². The molecule has 2 rings (SSSR count). The molecule has 90 valence electrons. The largest absolute Gasteiger partial charge is 0.465 e. The zero-order valence-electron chi connectivity index (χ0n) is 9.93. The summed E-state index contributed by atoms with van der Waals surface area (Å²) < 4.78 is 6.99. The van der Waals surface area contributed by atoms with Gasteiger partial charge in [-0.25, -0.2) is 4.98 Å². The Balaban J connectivity index is 1.96. The highest BCUT2D eigenvalue weighted by molar-refractivity contribution is 5.72. The molecule has 2 aromatic heterocycles. The Labute approximate surface area is 100 Å². The van der Waals surface area contributed by atoms with E-state index >= 15 is 0 Å². The first kappa shape index (κ1) is 11.6. The van der Waals surface area contributed by atoms with E-state index in [1.807, 2.05) is 35.0 Å². The summed E-state index contributed by atoms with van der Waals surface area (Å²) in [6.07, 6.45) is 5.95. The van der Waals surface area contributed by atoms with Gasteiger partial charge in [0.25, 0.3) is 0 Å². The molecule has 0 saturated carbocycles. The Morgan fingerprint density at radius 1 is 1.47 bits per heavy atom. The van der Waals surface area contributed by atoms with Crippen LogP contribution in [0.15, 0.2) is 30.6 Å². The minimum Gasteiger partial charge on any atom is -0.465 e. The van der Waals surface area contributed by atoms with Crippen molar-refractivity contribution in [2.75, 3.05) is 6.61 Å². The SMILES string of the molecule is CCCCOC(=O)Cc1cn2ccccc2n1. The van der Waals surface area contributed by atoms with Gasteiger partial charge in [0.15, 0.2) is 0 Å². The Kier molecular flexibility index (Phi) is 3.75. The molecule has 2 heterocycles. The summed E-state index contributed by atoms with van der Waals surface area (Å²) in [6.45, 7) is 2.57. The molecule has 0 aliphatic rings. The lowest BCUT2D eigenvalue weighted by molar-refractivity contribution is -0.142. The number of carbonyl (C=O) groups is 1. The van der Waals surface area contributed by atoms with Crippen LogP contribution in [0.3, 0.4) is 0 Å². The second-order valence-corrected chi connectivity index (χ2v) is 3.95. The lowest BCUT2D eigenvalue weighted by Gasteiger charge is -2.01. The number of hydrogen-bond acceptors (Lipinski definition) is 3. The molecule has 4 heteroatoms. The van der Waals surface area contributed by atoms with E-state index in [0.29, 0.717) is 6.61 Å². The van der Waals surface area contributed by atoms with Crippen molar-refractivity contribution in [1.82, 2.24) is 9.38 Å². The van der Waals surface area contributed by atoms with Crippen molar-refractivity contribution in [3.63, 3.8) is 0 Å². The van der Waals surface area contributed by atoms with E-state index in [2.05, 4.69) is 11.9 Å². The van der Waals surface area contributed by atoms with Gasteiger partial charge in [0.05, 0.1) is 18.7 Å². The standard InChI is InChI=1S/C13H16N2O2/c1-2-3-8-17-13(16)9-11-10-15-7-5-4-6-12(15)14-11/h4-7,10H,2-3,8-9H2,1H3. The summed E-state index contributed by atoms with van der Waals surface area (Å²) in [7, 11) is 0. The van der Waals surface area contributed by atoms with Crippen LogP contribution in [0.5, 0.6) is 0 Å². The van der Waals surface area contributed by atoms with Crippen LogP contribution in [0.4, 0.5) is 0 Å². The first-order valence-electron chi connectivity index (χ1n) is 5.88. The van der Waals surface area contributed by atoms with Gasteiger partial charge in [0.2, 0.25) is 0 Å². The third-order valence-electron chi connectivity index (χ3n) is 2.50. The molecule has 0 saturated heterocycles. The van der Waals surface area contributed by atoms with Gasteiger partial charge in [-0.15, -0.1) is 0 Å². The van der Waals surface area contributed by atoms with E-state index in [1.54, 1.807) is 0 Å². The van der Waals surface area contributed by atoms with Gasteiger partial charge in [-0.2, -0.15) is 0 Å². The fourth-order valence-corrected chi connectivity index (χ4v) is 1.60. The van der Waals surface area contributed by atoms with Gasteiger partial charge in [0.1, 0.15) is 5.65 Å². The number of pyridine rings is 1. The number of imidazole rings is 1. The maximum absolute atomic E-state index is 11.5. The van der Waals surface area contributed by atoms with Crippen molar-refractivity contribution in [1.29, 1.82) is 0 Å². The molecule has 0 atom stereocenters. The van der Waals surface area contributed by atoms with Gasteiger partial charge in [-0.3, -0.25) is 4.79 Å². The second-order valence-electron chi connectivity index (χ2n) is 3.95. The predicted molar refractivity (Wildman–Crippen MR) is 64.8 cm³/mol. The molecule has 0 N–H and O–H groups in total. The molecule has 17 heavy (non-hydrogen) atoms. The maximum Gasteiger partial charge on any atom is 0.311 e. The minimum absolute atomic E-state index is 0.207. The van der Waals surface area contributed by atoms with Gasteiger partial charge in [-0.05, 0) is 18.6 Å². The first-order valence-corrected chi connectivity index (χ1v) is 5.88. The number of nitrogens with zero attached hydrogens (tertiary/aromatic N) is 2. The van der Waals surface area contributed by atoms with E-state index in [1.165, 1.54) is 0 Å². The van der Waals surface area contributed by atoms with Crippen LogP contribution in [-0.4, -0.2) is 22.0 Å². The summed E-state index contributed by atoms with van der Waals surface area (Å²) in [5.41, 5.74) is 1.60. The molecule has 0 aliphatic carbocycles. The Morgan fingerprint density at radius 3 is 3.12 bits per heavy atom. The molecule has 0 fully saturated rings. The number of rotatable bonds is 5. The number of aromatic nitrogens is 2. The topological polar surface area (TPSA) is 43.6 Å². The van der Waals surface area contributed by atoms with E-state index in [9.17, 15) is 4.79 Å². The van der Waals surface area contributed by atoms with Crippen molar-refractivity contribution < 1.29 is 9.53 Å². The second kappa shape index (κ2) is 5.48. The molecule has 0 radical (unpaired) electrons. The molecule has 0 aromatic carbocycles. The summed E-state index contributed by atoms with van der Waals surface area (Å²) in [4.78, 5) is 15.8. The summed E-state index contributed by atoms with van der Waals surface area (Å²) in [6, 6.07) is 5.76. The molecular weight excluding hydrogens is 216 g/mol. The van der Waals surface area contributed by atoms with Gasteiger partial charge < -0.3 is 9.14 Å². The molecule has 0 amide bonds. The van der Waals surface area contributed by atoms with E-state index in [4.69, 9.17) is 4.74 Å². The van der Waals surface area contributed by atoms with Crippen LogP contribution in [0.25, 0.3) is 5.65 Å². The van der Waals surface area contributed by atoms with Gasteiger partial charge in [0, 0.05) is 12.4 Å². The normalized spacial score (nSPS) is 10.6. The number of carbonyl (C=O) groups excluding carboxylic acids is 1. The first-order chi connectivity index (χ1) is 8.29. The lowest BCUT2D eigenvalue weighted by Crippen LogP contribution is -2.09. The van der Waals surface area contributed by atoms with Crippen molar-refractivity contribution in [3.8, 4) is 0 Å². The quantitative estimate of drug-likeness (QED) is 0.586. The number of esters is 1. The molecular formula is C13H16N2O2. The minimum atomic E-state index is -0.207. The Hall–Kier alpha value is -1.84. The van der Waals surface area contributed by atoms with Crippen LogP contribution in [-0.2, 0) is 16.0 Å². The number of fused-ring (bicyclic) bond motifs is 1. The van der Waals surface area contributed by atoms with Crippen LogP contribution < -0.4 is 0 Å². The Bertz CT molecular complexity index is 472. The molecule has 4 nitrogen and oxygen atoms in total. The van der Waals surface area contributed by atoms with Crippen molar-refractivity contribution in [3.05, 3.63) is 36.3 Å². The van der Waals surface area contributed by atoms with Crippen LogP contribution in [0, 0.1) is 0 Å². The van der Waals surface area contributed by atoms with Gasteiger partial charge in [-0.1, -0.05) is 19.4 Å². The maximum atomic E-state index is 11.5. The molecule has 0 unspecified atom stereocenters. The Morgan fingerprint density at radius 2 is 2.35 bits per heavy atom. The number of hydrogen-bond donors (Lipinski definition) is 0. The van der Waals surface area contributed by atoms with E-state index < -0.39 is 0 Å². The highest BCUT2D eigenvalue weighted by atomic mass is 16.5. The number of unbranched alkanes of at least 4 members (excludes halogenated alkanes) is 1. The molecule has 0 aliphatic heterocycles. The highest BCUT2D eigenvalue weighted by Crippen LogP contribution is 2.05. The van der Waals surface area contributed by atoms with Crippen molar-refractivity contribution in [2.45, 2.75) is 26.2 Å². The van der Waals surface area contributed by atoms with Crippen molar-refractivity contribution >= 4 is 11.6 Å². The van der Waals surface area contributed by atoms with E-state index in [0.717, 1.165) is 24.2 Å². The smallest absolute Gasteiger partial charge is 0.311 e. The highest BCUT2D eigenvalue weighted by Gasteiger charge is 2.08. The average Bonchev–Trinajstić information content (AvgIpc) is 2.71. The average molecular weight is 232 g/mol. The third-order valence-corrected chi connectivity index (χ3v) is 2.50. The third kappa shape index (κ3) is 3.06.